The molecule has 0 heterocycles. The first-order valence-electron chi connectivity index (χ1n) is 5.04. The maximum Gasteiger partial charge on any atom is 0.133 e. The zero-order valence-corrected chi connectivity index (χ0v) is 8.55. The van der Waals surface area contributed by atoms with Crippen molar-refractivity contribution in [1.82, 2.24) is 0 Å². The van der Waals surface area contributed by atoms with Crippen LogP contribution in [-0.2, 0) is 11.2 Å². The summed E-state index contributed by atoms with van der Waals surface area (Å²) in [6.07, 6.45) is 2.50. The van der Waals surface area contributed by atoms with Gasteiger partial charge >= 0.3 is 0 Å². The first-order valence-corrected chi connectivity index (χ1v) is 5.42. The number of carbonyl (C=O) groups excluding carboxylic acids is 1. The van der Waals surface area contributed by atoms with Gasteiger partial charge in [-0.05, 0) is 35.4 Å². The first kappa shape index (κ1) is 8.49. The van der Waals surface area contributed by atoms with Gasteiger partial charge in [0.2, 0.25) is 0 Å². The Morgan fingerprint density at radius 1 is 1.21 bits per heavy atom. The molecule has 0 bridgehead atoms. The van der Waals surface area contributed by atoms with Crippen molar-refractivity contribution in [3.63, 3.8) is 0 Å². The Labute approximate surface area is 88.1 Å². The van der Waals surface area contributed by atoms with Crippen LogP contribution in [0.5, 0.6) is 0 Å². The predicted octanol–water partition coefficient (Wildman–Crippen LogP) is 2.96. The lowest BCUT2D eigenvalue weighted by atomic mass is 9.97. The molecule has 1 aromatic rings. The number of fused-ring (bicyclic) bond motifs is 3. The molecule has 2 atom stereocenters. The summed E-state index contributed by atoms with van der Waals surface area (Å²) in [7, 11) is 0. The topological polar surface area (TPSA) is 17.1 Å². The van der Waals surface area contributed by atoms with Gasteiger partial charge in [0.25, 0.3) is 0 Å². The molecule has 0 aliphatic heterocycles. The largest absolute Gasteiger partial charge is 0.300 e. The highest BCUT2D eigenvalue weighted by molar-refractivity contribution is 6.31. The van der Waals surface area contributed by atoms with Crippen molar-refractivity contribution in [3.8, 4) is 0 Å². The third kappa shape index (κ3) is 1.05. The third-order valence-corrected chi connectivity index (χ3v) is 3.88. The standard InChI is InChI=1S/C12H11ClO/c13-12-3-1-2-9-10-6-8(14)4-7(10)5-11(9)12/h1-3,7,10H,4-6H2. The van der Waals surface area contributed by atoms with Crippen LogP contribution < -0.4 is 0 Å². The molecule has 1 nitrogen and oxygen atoms in total. The van der Waals surface area contributed by atoms with E-state index in [1.807, 2.05) is 12.1 Å². The van der Waals surface area contributed by atoms with E-state index in [9.17, 15) is 4.79 Å². The maximum absolute atomic E-state index is 11.3. The van der Waals surface area contributed by atoms with Gasteiger partial charge in [0.1, 0.15) is 5.78 Å². The lowest BCUT2D eigenvalue weighted by Crippen LogP contribution is -1.97. The number of benzene rings is 1. The van der Waals surface area contributed by atoms with Gasteiger partial charge < -0.3 is 0 Å². The summed E-state index contributed by atoms with van der Waals surface area (Å²) in [6, 6.07) is 6.07. The minimum Gasteiger partial charge on any atom is -0.300 e. The number of rotatable bonds is 0. The molecule has 1 fully saturated rings. The molecule has 2 heteroatoms. The van der Waals surface area contributed by atoms with Crippen molar-refractivity contribution in [2.45, 2.75) is 25.2 Å². The van der Waals surface area contributed by atoms with Crippen molar-refractivity contribution >= 4 is 17.4 Å². The monoisotopic (exact) mass is 206 g/mol. The molecule has 2 aliphatic rings. The predicted molar refractivity (Wildman–Crippen MR) is 55.6 cm³/mol. The van der Waals surface area contributed by atoms with Crippen LogP contribution in [0.4, 0.5) is 0 Å². The van der Waals surface area contributed by atoms with E-state index in [4.69, 9.17) is 11.6 Å². The minimum absolute atomic E-state index is 0.422. The van der Waals surface area contributed by atoms with Gasteiger partial charge in [-0.1, -0.05) is 23.7 Å². The van der Waals surface area contributed by atoms with Gasteiger partial charge in [-0.15, -0.1) is 0 Å². The average Bonchev–Trinajstić information content (AvgIpc) is 2.63. The van der Waals surface area contributed by atoms with Crippen molar-refractivity contribution in [2.24, 2.45) is 5.92 Å². The first-order chi connectivity index (χ1) is 6.75. The second-order valence-corrected chi connectivity index (χ2v) is 4.73. The molecule has 0 saturated heterocycles. The smallest absolute Gasteiger partial charge is 0.133 e. The van der Waals surface area contributed by atoms with E-state index >= 15 is 0 Å². The molecule has 1 saturated carbocycles. The molecular weight excluding hydrogens is 196 g/mol. The quantitative estimate of drug-likeness (QED) is 0.638. The zero-order chi connectivity index (χ0) is 9.71. The SMILES string of the molecule is O=C1CC2Cc3c(Cl)cccc3C2C1. The van der Waals surface area contributed by atoms with E-state index in [1.54, 1.807) is 0 Å². The third-order valence-electron chi connectivity index (χ3n) is 3.53. The Morgan fingerprint density at radius 3 is 2.93 bits per heavy atom. The van der Waals surface area contributed by atoms with E-state index in [1.165, 1.54) is 11.1 Å². The van der Waals surface area contributed by atoms with Crippen LogP contribution in [0.2, 0.25) is 5.02 Å². The molecule has 3 rings (SSSR count). The zero-order valence-electron chi connectivity index (χ0n) is 7.79. The Hall–Kier alpha value is -0.820. The lowest BCUT2D eigenvalue weighted by Gasteiger charge is -2.07. The summed E-state index contributed by atoms with van der Waals surface area (Å²) in [5.74, 6) is 1.43. The number of ketones is 1. The highest BCUT2D eigenvalue weighted by Gasteiger charge is 2.40. The van der Waals surface area contributed by atoms with Gasteiger partial charge in [0.15, 0.2) is 0 Å². The van der Waals surface area contributed by atoms with Crippen molar-refractivity contribution < 1.29 is 4.79 Å². The molecule has 0 aromatic heterocycles. The number of halogens is 1. The Kier molecular flexibility index (Phi) is 1.72. The van der Waals surface area contributed by atoms with Crippen LogP contribution in [-0.4, -0.2) is 5.78 Å². The van der Waals surface area contributed by atoms with Crippen molar-refractivity contribution in [2.75, 3.05) is 0 Å². The fraction of sp³-hybridized carbons (Fsp3) is 0.417. The fourth-order valence-corrected chi connectivity index (χ4v) is 3.17. The summed E-state index contributed by atoms with van der Waals surface area (Å²) in [6.45, 7) is 0. The average molecular weight is 207 g/mol. The Bertz CT molecular complexity index is 411. The van der Waals surface area contributed by atoms with Crippen LogP contribution in [0.15, 0.2) is 18.2 Å². The summed E-state index contributed by atoms with van der Waals surface area (Å²) in [5.41, 5.74) is 2.62. The normalized spacial score (nSPS) is 29.1. The van der Waals surface area contributed by atoms with Crippen molar-refractivity contribution in [3.05, 3.63) is 34.3 Å². The van der Waals surface area contributed by atoms with Crippen LogP contribution in [0, 0.1) is 5.92 Å². The number of carbonyl (C=O) groups is 1. The summed E-state index contributed by atoms with van der Waals surface area (Å²) >= 11 is 6.13. The van der Waals surface area contributed by atoms with E-state index in [0.717, 1.165) is 24.3 Å². The minimum atomic E-state index is 0.422. The van der Waals surface area contributed by atoms with E-state index in [0.29, 0.717) is 17.6 Å². The molecule has 1 aromatic carbocycles. The van der Waals surface area contributed by atoms with Crippen LogP contribution >= 0.6 is 11.6 Å². The summed E-state index contributed by atoms with van der Waals surface area (Å²) in [4.78, 5) is 11.3. The van der Waals surface area contributed by atoms with E-state index in [-0.39, 0.29) is 0 Å². The number of Topliss-reactive ketones (excluding diaryl/α,β-unsaturated/α-hetero) is 1. The molecule has 0 N–H and O–H groups in total. The van der Waals surface area contributed by atoms with E-state index < -0.39 is 0 Å². The molecule has 2 unspecified atom stereocenters. The molecule has 2 aliphatic carbocycles. The molecular formula is C12H11ClO. The van der Waals surface area contributed by atoms with Crippen molar-refractivity contribution in [1.29, 1.82) is 0 Å². The van der Waals surface area contributed by atoms with Crippen LogP contribution in [0.1, 0.15) is 29.9 Å². The molecule has 0 amide bonds. The molecule has 14 heavy (non-hydrogen) atoms. The number of hydrogen-bond donors (Lipinski definition) is 0. The fourth-order valence-electron chi connectivity index (χ4n) is 2.91. The van der Waals surface area contributed by atoms with Gasteiger partial charge in [-0.25, -0.2) is 0 Å². The van der Waals surface area contributed by atoms with Gasteiger partial charge in [0, 0.05) is 17.9 Å². The summed E-state index contributed by atoms with van der Waals surface area (Å²) in [5, 5.41) is 0.879. The molecule has 72 valence electrons. The van der Waals surface area contributed by atoms with Gasteiger partial charge in [-0.2, -0.15) is 0 Å². The summed E-state index contributed by atoms with van der Waals surface area (Å²) < 4.78 is 0. The molecule has 0 radical (unpaired) electrons. The van der Waals surface area contributed by atoms with Crippen LogP contribution in [0.25, 0.3) is 0 Å². The molecule has 0 spiro atoms. The van der Waals surface area contributed by atoms with Gasteiger partial charge in [-0.3, -0.25) is 4.79 Å². The second kappa shape index (κ2) is 2.83. The van der Waals surface area contributed by atoms with Crippen LogP contribution in [0.3, 0.4) is 0 Å². The Morgan fingerprint density at radius 2 is 2.07 bits per heavy atom. The van der Waals surface area contributed by atoms with E-state index in [2.05, 4.69) is 6.07 Å². The second-order valence-electron chi connectivity index (χ2n) is 4.33. The maximum atomic E-state index is 11.3. The Balaban J connectivity index is 2.09. The lowest BCUT2D eigenvalue weighted by molar-refractivity contribution is -0.117. The van der Waals surface area contributed by atoms with Gasteiger partial charge in [0.05, 0.1) is 0 Å². The highest BCUT2D eigenvalue weighted by Crippen LogP contribution is 2.48. The highest BCUT2D eigenvalue weighted by atomic mass is 35.5. The number of hydrogen-bond acceptors (Lipinski definition) is 1.